The highest BCUT2D eigenvalue weighted by Crippen LogP contribution is 2.32. The molecule has 1 N–H and O–H groups in total. The Kier molecular flexibility index (Phi) is 6.26. The minimum absolute atomic E-state index is 0.117. The topological polar surface area (TPSA) is 58.6 Å². The van der Waals surface area contributed by atoms with Crippen LogP contribution in [0, 0.1) is 6.92 Å². The summed E-state index contributed by atoms with van der Waals surface area (Å²) in [6, 6.07) is 11.3. The largest absolute Gasteiger partial charge is 0.496 e. The molecule has 0 radical (unpaired) electrons. The second-order valence-corrected chi connectivity index (χ2v) is 8.00. The number of carbonyl (C=O) groups is 2. The molecule has 0 aromatic heterocycles. The van der Waals surface area contributed by atoms with Crippen LogP contribution in [0.2, 0.25) is 0 Å². The molecule has 5 heteroatoms. The standard InChI is InChI=1S/C24H30N2O3/c1-15(2)20-14-21(16(3)12-22(20)29-5)17(4)25-24(28)18-8-6-9-19(13-18)26-11-7-10-23(26)27/h6,8-9,12-15,17H,7,10-11H2,1-5H3,(H,25,28)/t17-/m0/s1. The Morgan fingerprint density at radius 2 is 1.90 bits per heavy atom. The van der Waals surface area contributed by atoms with Crippen LogP contribution in [0.5, 0.6) is 5.75 Å². The molecule has 1 saturated heterocycles. The zero-order valence-electron chi connectivity index (χ0n) is 17.9. The van der Waals surface area contributed by atoms with Crippen molar-refractivity contribution in [3.8, 4) is 5.75 Å². The van der Waals surface area contributed by atoms with Crippen LogP contribution in [0.3, 0.4) is 0 Å². The molecule has 29 heavy (non-hydrogen) atoms. The number of amides is 2. The maximum atomic E-state index is 12.9. The van der Waals surface area contributed by atoms with E-state index < -0.39 is 0 Å². The monoisotopic (exact) mass is 394 g/mol. The van der Waals surface area contributed by atoms with Gasteiger partial charge in [-0.2, -0.15) is 0 Å². The van der Waals surface area contributed by atoms with Crippen LogP contribution >= 0.6 is 0 Å². The fraction of sp³-hybridized carbons (Fsp3) is 0.417. The highest BCUT2D eigenvalue weighted by Gasteiger charge is 2.23. The average Bonchev–Trinajstić information content (AvgIpc) is 3.13. The van der Waals surface area contributed by atoms with Gasteiger partial charge in [0, 0.05) is 24.2 Å². The van der Waals surface area contributed by atoms with Crippen molar-refractivity contribution in [1.29, 1.82) is 0 Å². The summed E-state index contributed by atoms with van der Waals surface area (Å²) in [5.74, 6) is 1.17. The normalized spacial score (nSPS) is 15.0. The van der Waals surface area contributed by atoms with E-state index in [9.17, 15) is 9.59 Å². The lowest BCUT2D eigenvalue weighted by Crippen LogP contribution is -2.28. The summed E-state index contributed by atoms with van der Waals surface area (Å²) in [5.41, 5.74) is 4.63. The maximum absolute atomic E-state index is 12.9. The van der Waals surface area contributed by atoms with Crippen LogP contribution < -0.4 is 15.0 Å². The lowest BCUT2D eigenvalue weighted by molar-refractivity contribution is -0.117. The quantitative estimate of drug-likeness (QED) is 0.769. The predicted molar refractivity (Wildman–Crippen MR) is 116 cm³/mol. The SMILES string of the molecule is COc1cc(C)c([C@H](C)NC(=O)c2cccc(N3CCCC3=O)c2)cc1C(C)C. The van der Waals surface area contributed by atoms with E-state index >= 15 is 0 Å². The second-order valence-electron chi connectivity index (χ2n) is 8.00. The van der Waals surface area contributed by atoms with Crippen molar-refractivity contribution < 1.29 is 14.3 Å². The van der Waals surface area contributed by atoms with E-state index in [1.54, 1.807) is 24.1 Å². The van der Waals surface area contributed by atoms with Gasteiger partial charge in [-0.05, 0) is 73.2 Å². The molecule has 3 rings (SSSR count). The van der Waals surface area contributed by atoms with E-state index in [-0.39, 0.29) is 17.9 Å². The van der Waals surface area contributed by atoms with E-state index in [4.69, 9.17) is 4.74 Å². The van der Waals surface area contributed by atoms with Crippen LogP contribution in [-0.4, -0.2) is 25.5 Å². The summed E-state index contributed by atoms with van der Waals surface area (Å²) in [4.78, 5) is 26.7. The van der Waals surface area contributed by atoms with Crippen molar-refractivity contribution in [2.75, 3.05) is 18.6 Å². The van der Waals surface area contributed by atoms with Gasteiger partial charge in [-0.25, -0.2) is 0 Å². The molecule has 0 bridgehead atoms. The Morgan fingerprint density at radius 3 is 2.52 bits per heavy atom. The smallest absolute Gasteiger partial charge is 0.251 e. The molecular weight excluding hydrogens is 364 g/mol. The van der Waals surface area contributed by atoms with Gasteiger partial charge in [0.05, 0.1) is 13.2 Å². The molecule has 1 heterocycles. The Bertz CT molecular complexity index is 920. The molecule has 2 aromatic rings. The molecule has 1 aliphatic rings. The number of ether oxygens (including phenoxy) is 1. The third-order valence-electron chi connectivity index (χ3n) is 5.55. The second kappa shape index (κ2) is 8.68. The number of hydrogen-bond donors (Lipinski definition) is 1. The third kappa shape index (κ3) is 4.44. The molecule has 1 fully saturated rings. The maximum Gasteiger partial charge on any atom is 0.251 e. The summed E-state index contributed by atoms with van der Waals surface area (Å²) < 4.78 is 5.52. The number of nitrogens with one attached hydrogen (secondary N) is 1. The molecule has 0 saturated carbocycles. The number of aryl methyl sites for hydroxylation is 1. The van der Waals surface area contributed by atoms with Gasteiger partial charge in [-0.1, -0.05) is 19.9 Å². The van der Waals surface area contributed by atoms with Gasteiger partial charge < -0.3 is 15.0 Å². The van der Waals surface area contributed by atoms with Crippen molar-refractivity contribution in [2.24, 2.45) is 0 Å². The Hall–Kier alpha value is -2.82. The zero-order valence-corrected chi connectivity index (χ0v) is 17.9. The van der Waals surface area contributed by atoms with Crippen molar-refractivity contribution in [3.05, 3.63) is 58.7 Å². The van der Waals surface area contributed by atoms with E-state index in [1.165, 1.54) is 0 Å². The molecule has 1 aliphatic heterocycles. The number of methoxy groups -OCH3 is 1. The Morgan fingerprint density at radius 1 is 1.14 bits per heavy atom. The van der Waals surface area contributed by atoms with Gasteiger partial charge >= 0.3 is 0 Å². The molecule has 154 valence electrons. The van der Waals surface area contributed by atoms with Crippen molar-refractivity contribution in [1.82, 2.24) is 5.32 Å². The number of rotatable bonds is 6. The van der Waals surface area contributed by atoms with E-state index in [1.807, 2.05) is 32.0 Å². The molecule has 2 amide bonds. The van der Waals surface area contributed by atoms with Gasteiger partial charge in [-0.15, -0.1) is 0 Å². The summed E-state index contributed by atoms with van der Waals surface area (Å²) in [6.45, 7) is 8.99. The summed E-state index contributed by atoms with van der Waals surface area (Å²) in [5, 5.41) is 3.10. The zero-order chi connectivity index (χ0) is 21.1. The van der Waals surface area contributed by atoms with Crippen LogP contribution in [0.15, 0.2) is 36.4 Å². The molecule has 1 atom stereocenters. The lowest BCUT2D eigenvalue weighted by Gasteiger charge is -2.21. The van der Waals surface area contributed by atoms with Crippen molar-refractivity contribution in [3.63, 3.8) is 0 Å². The van der Waals surface area contributed by atoms with E-state index in [0.717, 1.165) is 34.5 Å². The highest BCUT2D eigenvalue weighted by atomic mass is 16.5. The molecule has 0 aliphatic carbocycles. The number of benzene rings is 2. The van der Waals surface area contributed by atoms with Crippen LogP contribution in [-0.2, 0) is 4.79 Å². The highest BCUT2D eigenvalue weighted by molar-refractivity contribution is 5.99. The molecule has 0 unspecified atom stereocenters. The van der Waals surface area contributed by atoms with Crippen LogP contribution in [0.1, 0.15) is 72.6 Å². The minimum Gasteiger partial charge on any atom is -0.496 e. The van der Waals surface area contributed by atoms with Crippen molar-refractivity contribution in [2.45, 2.75) is 52.5 Å². The van der Waals surface area contributed by atoms with E-state index in [2.05, 4.69) is 25.2 Å². The lowest BCUT2D eigenvalue weighted by atomic mass is 9.93. The fourth-order valence-electron chi connectivity index (χ4n) is 3.90. The van der Waals surface area contributed by atoms with Crippen LogP contribution in [0.4, 0.5) is 5.69 Å². The molecular formula is C24H30N2O3. The minimum atomic E-state index is -0.150. The van der Waals surface area contributed by atoms with Gasteiger partial charge in [0.25, 0.3) is 5.91 Å². The Balaban J connectivity index is 1.81. The average molecular weight is 395 g/mol. The first-order valence-corrected chi connectivity index (χ1v) is 10.2. The van der Waals surface area contributed by atoms with E-state index in [0.29, 0.717) is 24.4 Å². The number of hydrogen-bond acceptors (Lipinski definition) is 3. The molecule has 2 aromatic carbocycles. The number of carbonyl (C=O) groups excluding carboxylic acids is 2. The summed E-state index contributed by atoms with van der Waals surface area (Å²) in [6.07, 6.45) is 1.43. The van der Waals surface area contributed by atoms with Gasteiger partial charge in [-0.3, -0.25) is 9.59 Å². The van der Waals surface area contributed by atoms with Crippen LogP contribution in [0.25, 0.3) is 0 Å². The predicted octanol–water partition coefficient (Wildman–Crippen LogP) is 4.74. The first-order chi connectivity index (χ1) is 13.8. The summed E-state index contributed by atoms with van der Waals surface area (Å²) >= 11 is 0. The Labute approximate surface area is 173 Å². The molecule has 0 spiro atoms. The third-order valence-corrected chi connectivity index (χ3v) is 5.55. The summed E-state index contributed by atoms with van der Waals surface area (Å²) in [7, 11) is 1.68. The fourth-order valence-corrected chi connectivity index (χ4v) is 3.90. The molecule has 5 nitrogen and oxygen atoms in total. The van der Waals surface area contributed by atoms with Gasteiger partial charge in [0.1, 0.15) is 5.75 Å². The number of anilines is 1. The van der Waals surface area contributed by atoms with Gasteiger partial charge in [0.2, 0.25) is 5.91 Å². The first-order valence-electron chi connectivity index (χ1n) is 10.2. The first kappa shape index (κ1) is 20.9. The van der Waals surface area contributed by atoms with Crippen molar-refractivity contribution >= 4 is 17.5 Å². The van der Waals surface area contributed by atoms with Gasteiger partial charge in [0.15, 0.2) is 0 Å². The number of nitrogens with zero attached hydrogens (tertiary/aromatic N) is 1.